The number of amides is 1. The molecule has 2 aromatic rings. The van der Waals surface area contributed by atoms with Crippen molar-refractivity contribution in [2.24, 2.45) is 0 Å². The topological polar surface area (TPSA) is 32.3 Å². The molecule has 2 rings (SSSR count). The summed E-state index contributed by atoms with van der Waals surface area (Å²) in [7, 11) is 1.97. The maximum Gasteiger partial charge on any atom is 0.234 e. The number of benzene rings is 1. The molecule has 0 aliphatic carbocycles. The predicted molar refractivity (Wildman–Crippen MR) is 88.4 cm³/mol. The van der Waals surface area contributed by atoms with Crippen LogP contribution >= 0.6 is 11.3 Å². The van der Waals surface area contributed by atoms with E-state index in [0.29, 0.717) is 13.1 Å². The van der Waals surface area contributed by atoms with Crippen molar-refractivity contribution in [2.45, 2.75) is 26.9 Å². The van der Waals surface area contributed by atoms with Gasteiger partial charge in [0, 0.05) is 11.4 Å². The van der Waals surface area contributed by atoms with Crippen LogP contribution in [0.5, 0.6) is 0 Å². The van der Waals surface area contributed by atoms with Crippen LogP contribution in [0.3, 0.4) is 0 Å². The molecule has 3 nitrogen and oxygen atoms in total. The fourth-order valence-electron chi connectivity index (χ4n) is 2.20. The molecule has 0 atom stereocenters. The van der Waals surface area contributed by atoms with Crippen molar-refractivity contribution in [3.8, 4) is 0 Å². The van der Waals surface area contributed by atoms with Gasteiger partial charge in [0.15, 0.2) is 0 Å². The molecule has 1 heterocycles. The van der Waals surface area contributed by atoms with E-state index in [2.05, 4.69) is 42.7 Å². The number of hydrogen-bond donors (Lipinski definition) is 1. The fraction of sp³-hybridized carbons (Fsp3) is 0.353. The first-order valence-electron chi connectivity index (χ1n) is 7.09. The Morgan fingerprint density at radius 3 is 2.62 bits per heavy atom. The second kappa shape index (κ2) is 7.38. The summed E-state index contributed by atoms with van der Waals surface area (Å²) in [6.45, 7) is 6.00. The van der Waals surface area contributed by atoms with Crippen molar-refractivity contribution < 1.29 is 4.79 Å². The molecule has 4 heteroatoms. The second-order valence-electron chi connectivity index (χ2n) is 5.40. The number of aryl methyl sites for hydroxylation is 2. The van der Waals surface area contributed by atoms with Crippen molar-refractivity contribution in [3.05, 3.63) is 57.3 Å². The summed E-state index contributed by atoms with van der Waals surface area (Å²) in [5.41, 5.74) is 3.77. The first-order valence-corrected chi connectivity index (χ1v) is 7.97. The summed E-state index contributed by atoms with van der Waals surface area (Å²) in [5, 5.41) is 5.04. The largest absolute Gasteiger partial charge is 0.350 e. The van der Waals surface area contributed by atoms with Crippen molar-refractivity contribution in [1.82, 2.24) is 10.2 Å². The van der Waals surface area contributed by atoms with Gasteiger partial charge in [0.25, 0.3) is 0 Å². The van der Waals surface area contributed by atoms with Gasteiger partial charge >= 0.3 is 0 Å². The molecule has 0 aliphatic rings. The molecular weight excluding hydrogens is 280 g/mol. The lowest BCUT2D eigenvalue weighted by molar-refractivity contribution is -0.122. The molecule has 112 valence electrons. The van der Waals surface area contributed by atoms with E-state index in [1.54, 1.807) is 11.3 Å². The lowest BCUT2D eigenvalue weighted by atomic mass is 10.1. The standard InChI is InChI=1S/C17H22N2OS/c1-13-6-4-5-7-15(13)11-19(3)12-17(20)18-10-16-14(2)8-9-21-16/h4-9H,10-12H2,1-3H3,(H,18,20). The van der Waals surface area contributed by atoms with Gasteiger partial charge in [0.1, 0.15) is 0 Å². The summed E-state index contributed by atoms with van der Waals surface area (Å²) < 4.78 is 0. The van der Waals surface area contributed by atoms with Gasteiger partial charge in [-0.2, -0.15) is 0 Å². The van der Waals surface area contributed by atoms with Crippen LogP contribution in [0.2, 0.25) is 0 Å². The zero-order valence-electron chi connectivity index (χ0n) is 12.8. The smallest absolute Gasteiger partial charge is 0.234 e. The van der Waals surface area contributed by atoms with Gasteiger partial charge in [-0.1, -0.05) is 24.3 Å². The van der Waals surface area contributed by atoms with Crippen LogP contribution in [0, 0.1) is 13.8 Å². The van der Waals surface area contributed by atoms with Crippen molar-refractivity contribution in [3.63, 3.8) is 0 Å². The van der Waals surface area contributed by atoms with Crippen molar-refractivity contribution in [2.75, 3.05) is 13.6 Å². The highest BCUT2D eigenvalue weighted by Crippen LogP contribution is 2.14. The monoisotopic (exact) mass is 302 g/mol. The molecule has 1 amide bonds. The Morgan fingerprint density at radius 1 is 1.19 bits per heavy atom. The van der Waals surface area contributed by atoms with E-state index in [-0.39, 0.29) is 5.91 Å². The van der Waals surface area contributed by atoms with Gasteiger partial charge in [-0.3, -0.25) is 9.69 Å². The Labute approximate surface area is 130 Å². The van der Waals surface area contributed by atoms with Crippen LogP contribution < -0.4 is 5.32 Å². The molecule has 1 aromatic heterocycles. The van der Waals surface area contributed by atoms with Crippen molar-refractivity contribution in [1.29, 1.82) is 0 Å². The van der Waals surface area contributed by atoms with Crippen LogP contribution in [0.25, 0.3) is 0 Å². The maximum atomic E-state index is 12.0. The quantitative estimate of drug-likeness (QED) is 0.889. The third-order valence-corrected chi connectivity index (χ3v) is 4.55. The Morgan fingerprint density at radius 2 is 1.95 bits per heavy atom. The molecule has 0 unspecified atom stereocenters. The van der Waals surface area contributed by atoms with E-state index in [1.807, 2.05) is 24.1 Å². The minimum Gasteiger partial charge on any atom is -0.350 e. The van der Waals surface area contributed by atoms with E-state index in [4.69, 9.17) is 0 Å². The number of carbonyl (C=O) groups is 1. The van der Waals surface area contributed by atoms with E-state index in [0.717, 1.165) is 6.54 Å². The van der Waals surface area contributed by atoms with Gasteiger partial charge < -0.3 is 5.32 Å². The van der Waals surface area contributed by atoms with Gasteiger partial charge in [-0.25, -0.2) is 0 Å². The molecule has 0 fully saturated rings. The minimum absolute atomic E-state index is 0.0684. The predicted octanol–water partition coefficient (Wildman–Crippen LogP) is 3.11. The number of rotatable bonds is 6. The average molecular weight is 302 g/mol. The van der Waals surface area contributed by atoms with Crippen molar-refractivity contribution >= 4 is 17.2 Å². The summed E-state index contributed by atoms with van der Waals surface area (Å²) >= 11 is 1.69. The summed E-state index contributed by atoms with van der Waals surface area (Å²) in [6.07, 6.45) is 0. The average Bonchev–Trinajstić information content (AvgIpc) is 2.84. The van der Waals surface area contributed by atoms with Crippen LogP contribution in [-0.4, -0.2) is 24.4 Å². The Balaban J connectivity index is 1.80. The molecule has 0 aliphatic heterocycles. The molecule has 1 N–H and O–H groups in total. The number of nitrogens with one attached hydrogen (secondary N) is 1. The van der Waals surface area contributed by atoms with Crippen LogP contribution in [0.1, 0.15) is 21.6 Å². The summed E-state index contributed by atoms with van der Waals surface area (Å²) in [6, 6.07) is 10.4. The van der Waals surface area contributed by atoms with E-state index in [1.165, 1.54) is 21.6 Å². The molecule has 0 radical (unpaired) electrons. The van der Waals surface area contributed by atoms with E-state index in [9.17, 15) is 4.79 Å². The first kappa shape index (κ1) is 15.7. The maximum absolute atomic E-state index is 12.0. The number of carbonyl (C=O) groups excluding carboxylic acids is 1. The number of nitrogens with zero attached hydrogens (tertiary/aromatic N) is 1. The summed E-state index contributed by atoms with van der Waals surface area (Å²) in [4.78, 5) is 15.3. The zero-order valence-corrected chi connectivity index (χ0v) is 13.7. The van der Waals surface area contributed by atoms with Gasteiger partial charge in [-0.05, 0) is 49.0 Å². The Bertz CT molecular complexity index is 606. The molecule has 0 spiro atoms. The molecule has 0 bridgehead atoms. The van der Waals surface area contributed by atoms with Gasteiger partial charge in [0.2, 0.25) is 5.91 Å². The van der Waals surface area contributed by atoms with Gasteiger partial charge in [0.05, 0.1) is 13.1 Å². The minimum atomic E-state index is 0.0684. The lowest BCUT2D eigenvalue weighted by Crippen LogP contribution is -2.34. The Hall–Kier alpha value is -1.65. The highest BCUT2D eigenvalue weighted by atomic mass is 32.1. The highest BCUT2D eigenvalue weighted by Gasteiger charge is 2.09. The van der Waals surface area contributed by atoms with Crippen LogP contribution in [-0.2, 0) is 17.9 Å². The molecule has 0 saturated heterocycles. The molecule has 21 heavy (non-hydrogen) atoms. The van der Waals surface area contributed by atoms with E-state index < -0.39 is 0 Å². The fourth-order valence-corrected chi connectivity index (χ4v) is 3.05. The van der Waals surface area contributed by atoms with Crippen LogP contribution in [0.4, 0.5) is 0 Å². The molecular formula is C17H22N2OS. The third-order valence-electron chi connectivity index (χ3n) is 3.53. The first-order chi connectivity index (χ1) is 10.1. The molecule has 1 aromatic carbocycles. The third kappa shape index (κ3) is 4.69. The summed E-state index contributed by atoms with van der Waals surface area (Å²) in [5.74, 6) is 0.0684. The number of likely N-dealkylation sites (N-methyl/N-ethyl adjacent to an activating group) is 1. The second-order valence-corrected chi connectivity index (χ2v) is 6.40. The molecule has 0 saturated carbocycles. The zero-order chi connectivity index (χ0) is 15.2. The highest BCUT2D eigenvalue weighted by molar-refractivity contribution is 7.10. The lowest BCUT2D eigenvalue weighted by Gasteiger charge is -2.17. The number of hydrogen-bond acceptors (Lipinski definition) is 3. The van der Waals surface area contributed by atoms with E-state index >= 15 is 0 Å². The van der Waals surface area contributed by atoms with Crippen LogP contribution in [0.15, 0.2) is 35.7 Å². The Kier molecular flexibility index (Phi) is 5.53. The van der Waals surface area contributed by atoms with Gasteiger partial charge in [-0.15, -0.1) is 11.3 Å². The normalized spacial score (nSPS) is 10.9. The number of thiophene rings is 1. The SMILES string of the molecule is Cc1ccccc1CN(C)CC(=O)NCc1sccc1C.